The number of thiazole rings is 1. The Morgan fingerprint density at radius 2 is 2.21 bits per heavy atom. The SMILES string of the molecule is CCCOc1cc(N)cc(NCc2scnc2C)c1. The average Bonchev–Trinajstić information content (AvgIpc) is 2.79. The number of nitrogens with zero attached hydrogens (tertiary/aromatic N) is 1. The second kappa shape index (κ2) is 6.43. The van der Waals surface area contributed by atoms with Crippen molar-refractivity contribution in [1.82, 2.24) is 4.98 Å². The van der Waals surface area contributed by atoms with Gasteiger partial charge in [0.2, 0.25) is 0 Å². The number of benzene rings is 1. The molecule has 0 unspecified atom stereocenters. The molecule has 1 aromatic heterocycles. The Morgan fingerprint density at radius 1 is 1.37 bits per heavy atom. The van der Waals surface area contributed by atoms with Crippen molar-refractivity contribution in [3.8, 4) is 5.75 Å². The third-order valence-corrected chi connectivity index (χ3v) is 3.63. The Kier molecular flexibility index (Phi) is 4.63. The van der Waals surface area contributed by atoms with E-state index in [-0.39, 0.29) is 0 Å². The van der Waals surface area contributed by atoms with Gasteiger partial charge in [-0.15, -0.1) is 11.3 Å². The molecule has 0 spiro atoms. The van der Waals surface area contributed by atoms with Crippen molar-refractivity contribution in [2.24, 2.45) is 0 Å². The monoisotopic (exact) mass is 277 g/mol. The summed E-state index contributed by atoms with van der Waals surface area (Å²) in [4.78, 5) is 5.47. The van der Waals surface area contributed by atoms with E-state index in [2.05, 4.69) is 17.2 Å². The minimum Gasteiger partial charge on any atom is -0.493 e. The smallest absolute Gasteiger partial charge is 0.123 e. The highest BCUT2D eigenvalue weighted by atomic mass is 32.1. The van der Waals surface area contributed by atoms with E-state index < -0.39 is 0 Å². The van der Waals surface area contributed by atoms with Crippen molar-refractivity contribution < 1.29 is 4.74 Å². The summed E-state index contributed by atoms with van der Waals surface area (Å²) in [5.74, 6) is 0.811. The van der Waals surface area contributed by atoms with Crippen LogP contribution < -0.4 is 15.8 Å². The molecule has 0 saturated heterocycles. The van der Waals surface area contributed by atoms with Crippen molar-refractivity contribution in [2.45, 2.75) is 26.8 Å². The Hall–Kier alpha value is -1.75. The lowest BCUT2D eigenvalue weighted by molar-refractivity contribution is 0.318. The number of aromatic nitrogens is 1. The molecule has 4 nitrogen and oxygen atoms in total. The number of aryl methyl sites for hydroxylation is 1. The highest BCUT2D eigenvalue weighted by molar-refractivity contribution is 7.09. The van der Waals surface area contributed by atoms with Gasteiger partial charge in [0.05, 0.1) is 24.4 Å². The first kappa shape index (κ1) is 13.7. The highest BCUT2D eigenvalue weighted by Gasteiger charge is 2.03. The van der Waals surface area contributed by atoms with Crippen LogP contribution in [0.5, 0.6) is 5.75 Å². The van der Waals surface area contributed by atoms with Gasteiger partial charge in [-0.05, 0) is 19.4 Å². The zero-order chi connectivity index (χ0) is 13.7. The fourth-order valence-electron chi connectivity index (χ4n) is 1.71. The lowest BCUT2D eigenvalue weighted by Crippen LogP contribution is -2.02. The first-order chi connectivity index (χ1) is 9.19. The molecule has 2 aromatic rings. The van der Waals surface area contributed by atoms with Crippen LogP contribution in [0.15, 0.2) is 23.7 Å². The molecule has 0 radical (unpaired) electrons. The summed E-state index contributed by atoms with van der Waals surface area (Å²) in [7, 11) is 0. The fourth-order valence-corrected chi connectivity index (χ4v) is 2.42. The molecule has 1 aromatic carbocycles. The number of anilines is 2. The molecule has 1 heterocycles. The molecule has 0 bridgehead atoms. The first-order valence-corrected chi connectivity index (χ1v) is 7.23. The number of hydrogen-bond donors (Lipinski definition) is 2. The van der Waals surface area contributed by atoms with Gasteiger partial charge in [-0.2, -0.15) is 0 Å². The summed E-state index contributed by atoms with van der Waals surface area (Å²) in [6, 6.07) is 5.73. The van der Waals surface area contributed by atoms with Gasteiger partial charge in [0.1, 0.15) is 5.75 Å². The van der Waals surface area contributed by atoms with Gasteiger partial charge in [-0.1, -0.05) is 6.92 Å². The largest absolute Gasteiger partial charge is 0.493 e. The van der Waals surface area contributed by atoms with E-state index in [1.807, 2.05) is 30.6 Å². The molecule has 0 fully saturated rings. The molecule has 19 heavy (non-hydrogen) atoms. The van der Waals surface area contributed by atoms with Gasteiger partial charge in [0.15, 0.2) is 0 Å². The van der Waals surface area contributed by atoms with E-state index in [9.17, 15) is 0 Å². The van der Waals surface area contributed by atoms with E-state index in [0.717, 1.165) is 30.1 Å². The zero-order valence-electron chi connectivity index (χ0n) is 11.3. The van der Waals surface area contributed by atoms with Crippen LogP contribution in [0.2, 0.25) is 0 Å². The lowest BCUT2D eigenvalue weighted by Gasteiger charge is -2.10. The Morgan fingerprint density at radius 3 is 2.89 bits per heavy atom. The molecule has 0 aliphatic rings. The maximum atomic E-state index is 5.88. The molecule has 2 rings (SSSR count). The second-order valence-electron chi connectivity index (χ2n) is 4.35. The molecule has 102 valence electrons. The van der Waals surface area contributed by atoms with Crippen LogP contribution in [0.1, 0.15) is 23.9 Å². The summed E-state index contributed by atoms with van der Waals surface area (Å²) in [5, 5.41) is 3.36. The number of nitrogens with two attached hydrogens (primary N) is 1. The van der Waals surface area contributed by atoms with Crippen molar-refractivity contribution in [2.75, 3.05) is 17.7 Å². The normalized spacial score (nSPS) is 10.4. The molecule has 0 aliphatic heterocycles. The second-order valence-corrected chi connectivity index (χ2v) is 5.29. The lowest BCUT2D eigenvalue weighted by atomic mass is 10.2. The van der Waals surface area contributed by atoms with Gasteiger partial charge < -0.3 is 15.8 Å². The zero-order valence-corrected chi connectivity index (χ0v) is 12.1. The number of ether oxygens (including phenoxy) is 1. The summed E-state index contributed by atoms with van der Waals surface area (Å²) in [6.07, 6.45) is 0.984. The minimum absolute atomic E-state index is 0.705. The Balaban J connectivity index is 2.03. The van der Waals surface area contributed by atoms with Crippen LogP contribution in [0.4, 0.5) is 11.4 Å². The summed E-state index contributed by atoms with van der Waals surface area (Å²) in [6.45, 7) is 5.56. The molecule has 0 aliphatic carbocycles. The Labute approximate surface area is 117 Å². The Bertz CT molecular complexity index is 539. The van der Waals surface area contributed by atoms with Gasteiger partial charge in [0.25, 0.3) is 0 Å². The van der Waals surface area contributed by atoms with E-state index in [1.54, 1.807) is 11.3 Å². The van der Waals surface area contributed by atoms with Crippen molar-refractivity contribution in [3.63, 3.8) is 0 Å². The summed E-state index contributed by atoms with van der Waals surface area (Å²) < 4.78 is 5.61. The van der Waals surface area contributed by atoms with E-state index in [4.69, 9.17) is 10.5 Å². The summed E-state index contributed by atoms with van der Waals surface area (Å²) in [5.41, 5.74) is 10.5. The number of nitrogen functional groups attached to an aromatic ring is 1. The molecule has 5 heteroatoms. The van der Waals surface area contributed by atoms with Gasteiger partial charge in [-0.25, -0.2) is 4.98 Å². The fraction of sp³-hybridized carbons (Fsp3) is 0.357. The van der Waals surface area contributed by atoms with Crippen LogP contribution in [-0.4, -0.2) is 11.6 Å². The quantitative estimate of drug-likeness (QED) is 0.794. The molecule has 0 saturated carbocycles. The van der Waals surface area contributed by atoms with Crippen LogP contribution >= 0.6 is 11.3 Å². The van der Waals surface area contributed by atoms with Gasteiger partial charge in [-0.3, -0.25) is 0 Å². The molecule has 0 atom stereocenters. The minimum atomic E-state index is 0.705. The number of hydrogen-bond acceptors (Lipinski definition) is 5. The molecular formula is C14H19N3OS. The predicted molar refractivity (Wildman–Crippen MR) is 80.8 cm³/mol. The summed E-state index contributed by atoms with van der Waals surface area (Å²) >= 11 is 1.65. The maximum Gasteiger partial charge on any atom is 0.123 e. The van der Waals surface area contributed by atoms with Crippen molar-refractivity contribution in [3.05, 3.63) is 34.3 Å². The molecule has 3 N–H and O–H groups in total. The number of rotatable bonds is 6. The van der Waals surface area contributed by atoms with Crippen LogP contribution in [0.3, 0.4) is 0 Å². The third-order valence-electron chi connectivity index (χ3n) is 2.70. The van der Waals surface area contributed by atoms with Gasteiger partial charge in [0, 0.05) is 28.4 Å². The van der Waals surface area contributed by atoms with Crippen molar-refractivity contribution in [1.29, 1.82) is 0 Å². The van der Waals surface area contributed by atoms with Crippen molar-refractivity contribution >= 4 is 22.7 Å². The van der Waals surface area contributed by atoms with Crippen LogP contribution in [0, 0.1) is 6.92 Å². The van der Waals surface area contributed by atoms with E-state index in [0.29, 0.717) is 12.3 Å². The highest BCUT2D eigenvalue weighted by Crippen LogP contribution is 2.24. The maximum absolute atomic E-state index is 5.88. The topological polar surface area (TPSA) is 60.2 Å². The van der Waals surface area contributed by atoms with E-state index in [1.165, 1.54) is 4.88 Å². The third kappa shape index (κ3) is 3.86. The average molecular weight is 277 g/mol. The van der Waals surface area contributed by atoms with Crippen LogP contribution in [0.25, 0.3) is 0 Å². The number of nitrogens with one attached hydrogen (secondary N) is 1. The standard InChI is InChI=1S/C14H19N3OS/c1-3-4-18-13-6-11(15)5-12(7-13)16-8-14-10(2)17-9-19-14/h5-7,9,16H,3-4,8,15H2,1-2H3. The molecule has 0 amide bonds. The predicted octanol–water partition coefficient (Wildman–Crippen LogP) is 3.43. The van der Waals surface area contributed by atoms with Gasteiger partial charge >= 0.3 is 0 Å². The molecular weight excluding hydrogens is 258 g/mol. The van der Waals surface area contributed by atoms with Crippen LogP contribution in [-0.2, 0) is 6.54 Å². The van der Waals surface area contributed by atoms with E-state index >= 15 is 0 Å². The first-order valence-electron chi connectivity index (χ1n) is 6.35.